The van der Waals surface area contributed by atoms with Crippen LogP contribution in [0.15, 0.2) is 46.6 Å². The van der Waals surface area contributed by atoms with Gasteiger partial charge < -0.3 is 27.3 Å². The fourth-order valence-corrected chi connectivity index (χ4v) is 2.71. The number of nitrogens with one attached hydrogen (secondary N) is 1. The van der Waals surface area contributed by atoms with Crippen LogP contribution < -0.4 is 27.3 Å². The Morgan fingerprint density at radius 3 is 2.50 bits per heavy atom. The van der Waals surface area contributed by atoms with Crippen LogP contribution in [0.5, 0.6) is 5.75 Å². The Morgan fingerprint density at radius 1 is 1.09 bits per heavy atom. The van der Waals surface area contributed by atoms with Gasteiger partial charge in [0.1, 0.15) is 17.2 Å². The van der Waals surface area contributed by atoms with Crippen LogP contribution >= 0.6 is 0 Å². The van der Waals surface area contributed by atoms with Gasteiger partial charge in [-0.2, -0.15) is 0 Å². The van der Waals surface area contributed by atoms with Crippen molar-refractivity contribution in [3.63, 3.8) is 0 Å². The molecule has 2 rings (SSSR count). The molecule has 1 heterocycles. The molecule has 1 amide bonds. The molecule has 0 saturated heterocycles. The number of carbonyl (C=O) groups is 2. The van der Waals surface area contributed by atoms with Crippen molar-refractivity contribution >= 4 is 34.9 Å². The number of azo groups is 1. The maximum Gasteiger partial charge on any atom is 0.311 e. The second-order valence-corrected chi connectivity index (χ2v) is 7.72. The molecule has 1 atom stereocenters. The lowest BCUT2D eigenvalue weighted by atomic mass is 10.1. The molecule has 1 aromatic heterocycles. The Hall–Kier alpha value is -3.37. The first kappa shape index (κ1) is 24.9. The zero-order valence-corrected chi connectivity index (χ0v) is 18.5. The van der Waals surface area contributed by atoms with Gasteiger partial charge in [0, 0.05) is 6.42 Å². The number of anilines is 2. The van der Waals surface area contributed by atoms with Gasteiger partial charge in [0.05, 0.1) is 6.04 Å². The average molecular weight is 442 g/mol. The zero-order chi connectivity index (χ0) is 23.5. The van der Waals surface area contributed by atoms with Gasteiger partial charge in [-0.3, -0.25) is 9.59 Å². The van der Waals surface area contributed by atoms with Crippen LogP contribution in [0.2, 0.25) is 0 Å². The standard InChI is InChI=1S/C22H31N7O3/c1-14(2)13-20(30)32-18-9-4-3-8-16(18)28-29-17-10-11-19(26-21(17)25)27-22(31)15(24)7-5-6-12-23/h3-4,8-11,14-15H,5-7,12-13,23-24H2,1-2H3,(H3,25,26,27,31)/b29-28+/t15-/m0/s1. The second-order valence-electron chi connectivity index (χ2n) is 7.72. The highest BCUT2D eigenvalue weighted by molar-refractivity contribution is 5.94. The Labute approximate surface area is 187 Å². The Bertz CT molecular complexity index is 947. The summed E-state index contributed by atoms with van der Waals surface area (Å²) >= 11 is 0. The SMILES string of the molecule is CC(C)CC(=O)Oc1ccccc1/N=N/c1ccc(NC(=O)[C@@H](N)CCCCN)nc1N. The summed E-state index contributed by atoms with van der Waals surface area (Å²) in [6.45, 7) is 4.43. The molecule has 10 nitrogen and oxygen atoms in total. The summed E-state index contributed by atoms with van der Waals surface area (Å²) in [7, 11) is 0. The van der Waals surface area contributed by atoms with Gasteiger partial charge in [-0.05, 0) is 49.6 Å². The first-order valence-electron chi connectivity index (χ1n) is 10.5. The number of rotatable bonds is 11. The molecule has 32 heavy (non-hydrogen) atoms. The number of carbonyl (C=O) groups excluding carboxylic acids is 2. The van der Waals surface area contributed by atoms with Crippen molar-refractivity contribution in [2.24, 2.45) is 27.6 Å². The molecule has 0 fully saturated rings. The van der Waals surface area contributed by atoms with Gasteiger partial charge in [0.15, 0.2) is 11.6 Å². The lowest BCUT2D eigenvalue weighted by molar-refractivity contribution is -0.135. The van der Waals surface area contributed by atoms with E-state index in [0.29, 0.717) is 36.5 Å². The molecule has 0 aliphatic carbocycles. The Kier molecular flexibility index (Phi) is 9.71. The Morgan fingerprint density at radius 2 is 1.81 bits per heavy atom. The first-order valence-corrected chi connectivity index (χ1v) is 10.5. The van der Waals surface area contributed by atoms with Crippen molar-refractivity contribution < 1.29 is 14.3 Å². The lowest BCUT2D eigenvalue weighted by Gasteiger charge is -2.12. The van der Waals surface area contributed by atoms with Crippen LogP contribution in [-0.4, -0.2) is 29.4 Å². The molecule has 0 radical (unpaired) electrons. The van der Waals surface area contributed by atoms with Gasteiger partial charge in [-0.25, -0.2) is 4.98 Å². The van der Waals surface area contributed by atoms with Gasteiger partial charge >= 0.3 is 5.97 Å². The molecule has 0 bridgehead atoms. The summed E-state index contributed by atoms with van der Waals surface area (Å²) in [6, 6.07) is 9.29. The number of ether oxygens (including phenoxy) is 1. The predicted molar refractivity (Wildman–Crippen MR) is 124 cm³/mol. The Balaban J connectivity index is 2.05. The van der Waals surface area contributed by atoms with Crippen molar-refractivity contribution in [1.82, 2.24) is 4.98 Å². The van der Waals surface area contributed by atoms with Crippen LogP contribution in [0.4, 0.5) is 23.0 Å². The van der Waals surface area contributed by atoms with Crippen molar-refractivity contribution in [3.8, 4) is 5.75 Å². The molecular formula is C22H31N7O3. The number of nitrogen functional groups attached to an aromatic ring is 1. The van der Waals surface area contributed by atoms with E-state index >= 15 is 0 Å². The van der Waals surface area contributed by atoms with E-state index in [1.807, 2.05) is 13.8 Å². The topological polar surface area (TPSA) is 171 Å². The number of nitrogens with two attached hydrogens (primary N) is 3. The summed E-state index contributed by atoms with van der Waals surface area (Å²) in [5.41, 5.74) is 18.0. The average Bonchev–Trinajstić information content (AvgIpc) is 2.73. The smallest absolute Gasteiger partial charge is 0.311 e. The number of aromatic nitrogens is 1. The number of hydrogen-bond donors (Lipinski definition) is 4. The number of hydrogen-bond acceptors (Lipinski definition) is 9. The van der Waals surface area contributed by atoms with Crippen LogP contribution in [0.3, 0.4) is 0 Å². The predicted octanol–water partition coefficient (Wildman–Crippen LogP) is 3.43. The van der Waals surface area contributed by atoms with Gasteiger partial charge in [-0.1, -0.05) is 32.4 Å². The van der Waals surface area contributed by atoms with Crippen molar-refractivity contribution in [1.29, 1.82) is 0 Å². The van der Waals surface area contributed by atoms with E-state index in [1.54, 1.807) is 36.4 Å². The van der Waals surface area contributed by atoms with Crippen LogP contribution in [-0.2, 0) is 9.59 Å². The summed E-state index contributed by atoms with van der Waals surface area (Å²) in [5.74, 6) is 0.148. The molecule has 0 aliphatic heterocycles. The van der Waals surface area contributed by atoms with E-state index in [4.69, 9.17) is 21.9 Å². The highest BCUT2D eigenvalue weighted by atomic mass is 16.5. The summed E-state index contributed by atoms with van der Waals surface area (Å²) < 4.78 is 5.39. The largest absolute Gasteiger partial charge is 0.424 e. The minimum absolute atomic E-state index is 0.0811. The van der Waals surface area contributed by atoms with E-state index < -0.39 is 6.04 Å². The third kappa shape index (κ3) is 8.05. The van der Waals surface area contributed by atoms with E-state index in [2.05, 4.69) is 20.5 Å². The minimum Gasteiger partial charge on any atom is -0.424 e. The third-order valence-electron chi connectivity index (χ3n) is 4.39. The minimum atomic E-state index is -0.654. The number of amides is 1. The number of pyridine rings is 1. The quantitative estimate of drug-likeness (QED) is 0.179. The maximum atomic E-state index is 12.2. The number of unbranched alkanes of at least 4 members (excludes halogenated alkanes) is 1. The highest BCUT2D eigenvalue weighted by Gasteiger charge is 2.15. The third-order valence-corrected chi connectivity index (χ3v) is 4.39. The molecule has 0 unspecified atom stereocenters. The molecule has 172 valence electrons. The van der Waals surface area contributed by atoms with Crippen LogP contribution in [0.1, 0.15) is 39.5 Å². The fourth-order valence-electron chi connectivity index (χ4n) is 2.71. The van der Waals surface area contributed by atoms with Gasteiger partial charge in [-0.15, -0.1) is 10.2 Å². The van der Waals surface area contributed by atoms with E-state index in [1.165, 1.54) is 0 Å². The lowest BCUT2D eigenvalue weighted by Crippen LogP contribution is -2.35. The molecule has 0 aliphatic rings. The molecule has 2 aromatic rings. The van der Waals surface area contributed by atoms with E-state index in [9.17, 15) is 9.59 Å². The van der Waals surface area contributed by atoms with Crippen LogP contribution in [0, 0.1) is 5.92 Å². The summed E-state index contributed by atoms with van der Waals surface area (Å²) in [6.07, 6.45) is 2.42. The summed E-state index contributed by atoms with van der Waals surface area (Å²) in [5, 5.41) is 10.9. The first-order chi connectivity index (χ1) is 15.3. The number of nitrogens with zero attached hydrogens (tertiary/aromatic N) is 3. The van der Waals surface area contributed by atoms with E-state index in [-0.39, 0.29) is 29.4 Å². The van der Waals surface area contributed by atoms with Crippen molar-refractivity contribution in [2.75, 3.05) is 17.6 Å². The van der Waals surface area contributed by atoms with Gasteiger partial charge in [0.25, 0.3) is 0 Å². The summed E-state index contributed by atoms with van der Waals surface area (Å²) in [4.78, 5) is 28.3. The zero-order valence-electron chi connectivity index (χ0n) is 18.5. The second kappa shape index (κ2) is 12.5. The maximum absolute atomic E-state index is 12.2. The normalized spacial score (nSPS) is 12.2. The van der Waals surface area contributed by atoms with Crippen molar-refractivity contribution in [3.05, 3.63) is 36.4 Å². The monoisotopic (exact) mass is 441 g/mol. The van der Waals surface area contributed by atoms with E-state index in [0.717, 1.165) is 12.8 Å². The molecular weight excluding hydrogens is 410 g/mol. The molecule has 1 aromatic carbocycles. The number of para-hydroxylation sites is 1. The molecule has 0 saturated carbocycles. The molecule has 7 N–H and O–H groups in total. The van der Waals surface area contributed by atoms with Crippen molar-refractivity contribution in [2.45, 2.75) is 45.6 Å². The highest BCUT2D eigenvalue weighted by Crippen LogP contribution is 2.31. The van der Waals surface area contributed by atoms with Crippen LogP contribution in [0.25, 0.3) is 0 Å². The van der Waals surface area contributed by atoms with Gasteiger partial charge in [0.2, 0.25) is 5.91 Å². The number of benzene rings is 1. The fraction of sp³-hybridized carbons (Fsp3) is 0.409. The molecule has 10 heteroatoms. The molecule has 0 spiro atoms. The number of esters is 1.